The number of Topliss-reactive ketones (excluding diaryl/α,β-unsaturated/α-hetero) is 1. The summed E-state index contributed by atoms with van der Waals surface area (Å²) in [4.78, 5) is 14.1. The summed E-state index contributed by atoms with van der Waals surface area (Å²) in [6.07, 6.45) is 0.446. The van der Waals surface area contributed by atoms with Gasteiger partial charge in [-0.3, -0.25) is 4.79 Å². The van der Waals surface area contributed by atoms with Crippen molar-refractivity contribution in [3.8, 4) is 0 Å². The number of carbonyl (C=O) groups is 1. The Morgan fingerprint density at radius 3 is 1.82 bits per heavy atom. The molecule has 0 unspecified atom stereocenters. The molecule has 0 aliphatic heterocycles. The summed E-state index contributed by atoms with van der Waals surface area (Å²) in [5.74, 6) is -0.886. The average Bonchev–Trinajstić information content (AvgIpc) is 3.19. The van der Waals surface area contributed by atoms with Crippen molar-refractivity contribution >= 4 is 17.4 Å². The van der Waals surface area contributed by atoms with Gasteiger partial charge in [0, 0.05) is 16.5 Å². The van der Waals surface area contributed by atoms with Gasteiger partial charge in [-0.1, -0.05) is 115 Å². The topological polar surface area (TPSA) is 37.3 Å². The van der Waals surface area contributed by atoms with Gasteiger partial charge in [-0.2, -0.15) is 0 Å². The average molecular weight is 453 g/mol. The molecule has 4 aromatic carbocycles. The molecule has 0 heterocycles. The molecule has 1 saturated carbocycles. The normalized spacial score (nSPS) is 24.5. The standard InChI is InChI=1S/C30H25ClO2/c31-25-18-16-24(17-19-25)30(33)20-26(21-10-4-1-5-11-21)27(22-12-6-2-7-13-22)28(30)29(32)23-14-8-3-9-15-23/h1-19,26-28,33H,20H2/t26-,27-,28-,30+/m1/s1. The first kappa shape index (κ1) is 21.6. The maximum Gasteiger partial charge on any atom is 0.169 e. The van der Waals surface area contributed by atoms with Crippen LogP contribution in [0.2, 0.25) is 5.02 Å². The maximum atomic E-state index is 14.1. The van der Waals surface area contributed by atoms with E-state index in [0.717, 1.165) is 16.7 Å². The van der Waals surface area contributed by atoms with Gasteiger partial charge in [-0.25, -0.2) is 0 Å². The maximum absolute atomic E-state index is 14.1. The van der Waals surface area contributed by atoms with E-state index < -0.39 is 11.5 Å². The molecule has 0 saturated heterocycles. The number of hydrogen-bond donors (Lipinski definition) is 1. The highest BCUT2D eigenvalue weighted by Gasteiger charge is 2.57. The van der Waals surface area contributed by atoms with Gasteiger partial charge in [0.25, 0.3) is 0 Å². The fourth-order valence-electron chi connectivity index (χ4n) is 5.44. The lowest BCUT2D eigenvalue weighted by Crippen LogP contribution is -2.38. The quantitative estimate of drug-likeness (QED) is 0.331. The number of ketones is 1. The lowest BCUT2D eigenvalue weighted by Gasteiger charge is -2.33. The van der Waals surface area contributed by atoms with E-state index in [4.69, 9.17) is 11.6 Å². The van der Waals surface area contributed by atoms with Crippen LogP contribution < -0.4 is 0 Å². The van der Waals surface area contributed by atoms with Crippen molar-refractivity contribution in [2.75, 3.05) is 0 Å². The number of halogens is 1. The van der Waals surface area contributed by atoms with Crippen LogP contribution in [0.5, 0.6) is 0 Å². The van der Waals surface area contributed by atoms with Crippen molar-refractivity contribution in [1.29, 1.82) is 0 Å². The Hall–Kier alpha value is -3.20. The van der Waals surface area contributed by atoms with Gasteiger partial charge in [0.2, 0.25) is 0 Å². The van der Waals surface area contributed by atoms with Crippen LogP contribution in [0.15, 0.2) is 115 Å². The minimum atomic E-state index is -1.33. The lowest BCUT2D eigenvalue weighted by molar-refractivity contribution is -0.000251. The van der Waals surface area contributed by atoms with Gasteiger partial charge < -0.3 is 5.11 Å². The summed E-state index contributed by atoms with van der Waals surface area (Å²) >= 11 is 6.16. The van der Waals surface area contributed by atoms with Crippen LogP contribution in [0.25, 0.3) is 0 Å². The van der Waals surface area contributed by atoms with E-state index in [1.807, 2.05) is 78.9 Å². The van der Waals surface area contributed by atoms with Gasteiger partial charge in [0.15, 0.2) is 5.78 Å². The minimum Gasteiger partial charge on any atom is -0.384 e. The third-order valence-electron chi connectivity index (χ3n) is 6.94. The molecule has 0 amide bonds. The van der Waals surface area contributed by atoms with Crippen LogP contribution in [0.1, 0.15) is 45.3 Å². The van der Waals surface area contributed by atoms with Crippen molar-refractivity contribution in [3.05, 3.63) is 143 Å². The molecule has 0 spiro atoms. The zero-order chi connectivity index (χ0) is 22.8. The Balaban J connectivity index is 1.72. The largest absolute Gasteiger partial charge is 0.384 e. The van der Waals surface area contributed by atoms with E-state index in [0.29, 0.717) is 17.0 Å². The van der Waals surface area contributed by atoms with E-state index in [-0.39, 0.29) is 17.6 Å². The molecule has 1 aliphatic rings. The van der Waals surface area contributed by atoms with Crippen LogP contribution in [0.4, 0.5) is 0 Å². The molecule has 3 heteroatoms. The lowest BCUT2D eigenvalue weighted by atomic mass is 9.73. The molecular weight excluding hydrogens is 428 g/mol. The van der Waals surface area contributed by atoms with Crippen molar-refractivity contribution in [3.63, 3.8) is 0 Å². The second kappa shape index (κ2) is 8.97. The van der Waals surface area contributed by atoms with Crippen LogP contribution in [0.3, 0.4) is 0 Å². The zero-order valence-corrected chi connectivity index (χ0v) is 18.9. The first-order chi connectivity index (χ1) is 16.1. The molecule has 0 radical (unpaired) electrons. The van der Waals surface area contributed by atoms with E-state index >= 15 is 0 Å². The second-order valence-corrected chi connectivity index (χ2v) is 9.23. The Labute approximate surface area is 199 Å². The van der Waals surface area contributed by atoms with Crippen LogP contribution in [0, 0.1) is 5.92 Å². The molecular formula is C30H25ClO2. The molecule has 1 aliphatic carbocycles. The number of benzene rings is 4. The highest BCUT2D eigenvalue weighted by molar-refractivity contribution is 6.30. The van der Waals surface area contributed by atoms with Crippen molar-refractivity contribution in [1.82, 2.24) is 0 Å². The molecule has 4 aromatic rings. The molecule has 0 bridgehead atoms. The molecule has 0 aromatic heterocycles. The molecule has 4 atom stereocenters. The fraction of sp³-hybridized carbons (Fsp3) is 0.167. The summed E-state index contributed by atoms with van der Waals surface area (Å²) in [6.45, 7) is 0. The molecule has 164 valence electrons. The van der Waals surface area contributed by atoms with Crippen LogP contribution >= 0.6 is 11.6 Å². The Morgan fingerprint density at radius 2 is 1.24 bits per heavy atom. The predicted octanol–water partition coefficient (Wildman–Crippen LogP) is 7.00. The van der Waals surface area contributed by atoms with Crippen LogP contribution in [-0.2, 0) is 5.60 Å². The monoisotopic (exact) mass is 452 g/mol. The number of rotatable bonds is 5. The highest BCUT2D eigenvalue weighted by Crippen LogP contribution is 2.59. The van der Waals surface area contributed by atoms with Gasteiger partial charge in [0.1, 0.15) is 5.60 Å². The van der Waals surface area contributed by atoms with E-state index in [1.54, 1.807) is 12.1 Å². The molecule has 5 rings (SSSR count). The third-order valence-corrected chi connectivity index (χ3v) is 7.19. The Bertz CT molecular complexity index is 1220. The van der Waals surface area contributed by atoms with Gasteiger partial charge in [-0.05, 0) is 41.2 Å². The number of hydrogen-bond acceptors (Lipinski definition) is 2. The smallest absolute Gasteiger partial charge is 0.169 e. The summed E-state index contributed by atoms with van der Waals surface area (Å²) in [7, 11) is 0. The molecule has 2 nitrogen and oxygen atoms in total. The number of carbonyl (C=O) groups excluding carboxylic acids is 1. The van der Waals surface area contributed by atoms with Gasteiger partial charge in [0.05, 0.1) is 5.92 Å². The van der Waals surface area contributed by atoms with Gasteiger partial charge in [-0.15, -0.1) is 0 Å². The van der Waals surface area contributed by atoms with Crippen molar-refractivity contribution in [2.24, 2.45) is 5.92 Å². The molecule has 1 N–H and O–H groups in total. The first-order valence-corrected chi connectivity index (χ1v) is 11.6. The fourth-order valence-corrected chi connectivity index (χ4v) is 5.57. The molecule has 1 fully saturated rings. The third kappa shape index (κ3) is 4.01. The minimum absolute atomic E-state index is 0.0214. The summed E-state index contributed by atoms with van der Waals surface area (Å²) in [5, 5.41) is 12.9. The van der Waals surface area contributed by atoms with E-state index in [1.165, 1.54) is 0 Å². The molecule has 33 heavy (non-hydrogen) atoms. The van der Waals surface area contributed by atoms with Crippen LogP contribution in [-0.4, -0.2) is 10.9 Å². The zero-order valence-electron chi connectivity index (χ0n) is 18.1. The predicted molar refractivity (Wildman–Crippen MR) is 133 cm³/mol. The van der Waals surface area contributed by atoms with Crippen molar-refractivity contribution < 1.29 is 9.90 Å². The summed E-state index contributed by atoms with van der Waals surface area (Å²) in [6, 6.07) is 36.9. The Kier molecular flexibility index (Phi) is 5.88. The van der Waals surface area contributed by atoms with Gasteiger partial charge >= 0.3 is 0 Å². The highest BCUT2D eigenvalue weighted by atomic mass is 35.5. The first-order valence-electron chi connectivity index (χ1n) is 11.3. The summed E-state index contributed by atoms with van der Waals surface area (Å²) in [5.41, 5.74) is 2.19. The van der Waals surface area contributed by atoms with E-state index in [9.17, 15) is 9.90 Å². The van der Waals surface area contributed by atoms with Crippen molar-refractivity contribution in [2.45, 2.75) is 23.9 Å². The van der Waals surface area contributed by atoms with E-state index in [2.05, 4.69) is 24.3 Å². The Morgan fingerprint density at radius 1 is 0.727 bits per heavy atom. The second-order valence-electron chi connectivity index (χ2n) is 8.80. The number of aliphatic hydroxyl groups is 1. The SMILES string of the molecule is O=C(c1ccccc1)[C@H]1[C@H](c2ccccc2)[C@@H](c2ccccc2)C[C@]1(O)c1ccc(Cl)cc1. The summed E-state index contributed by atoms with van der Waals surface area (Å²) < 4.78 is 0.